The summed E-state index contributed by atoms with van der Waals surface area (Å²) in [6.07, 6.45) is -3.96. The molecule has 0 bridgehead atoms. The van der Waals surface area contributed by atoms with Gasteiger partial charge in [0.15, 0.2) is 6.10 Å². The van der Waals surface area contributed by atoms with E-state index >= 15 is 0 Å². The highest BCUT2D eigenvalue weighted by molar-refractivity contribution is 5.81. The number of hydrogen-bond acceptors (Lipinski definition) is 4. The van der Waals surface area contributed by atoms with Gasteiger partial charge in [0.25, 0.3) is 5.91 Å². The summed E-state index contributed by atoms with van der Waals surface area (Å²) < 4.78 is 49.5. The van der Waals surface area contributed by atoms with E-state index in [1.165, 1.54) is 0 Å². The number of amides is 1. The van der Waals surface area contributed by atoms with Crippen LogP contribution in [0.1, 0.15) is 18.9 Å². The third-order valence-corrected chi connectivity index (χ3v) is 4.21. The van der Waals surface area contributed by atoms with Crippen LogP contribution < -0.4 is 9.47 Å². The van der Waals surface area contributed by atoms with E-state index in [1.807, 2.05) is 18.2 Å². The number of ether oxygens (including phenoxy) is 2. The first-order valence-corrected chi connectivity index (χ1v) is 8.53. The number of likely N-dealkylation sites (tertiary alicyclic amines) is 1. The largest absolute Gasteiger partial charge is 0.481 e. The van der Waals surface area contributed by atoms with Crippen LogP contribution in [-0.4, -0.2) is 41.1 Å². The Labute approximate surface area is 154 Å². The predicted octanol–water partition coefficient (Wildman–Crippen LogP) is 3.55. The van der Waals surface area contributed by atoms with Crippen LogP contribution >= 0.6 is 0 Å². The van der Waals surface area contributed by atoms with Crippen molar-refractivity contribution in [2.75, 3.05) is 13.1 Å². The molecule has 1 amide bonds. The molecule has 0 aliphatic carbocycles. The van der Waals surface area contributed by atoms with Gasteiger partial charge < -0.3 is 14.4 Å². The van der Waals surface area contributed by atoms with Crippen molar-refractivity contribution in [2.24, 2.45) is 0 Å². The fourth-order valence-corrected chi connectivity index (χ4v) is 2.86. The normalized spacial score (nSPS) is 18.2. The summed E-state index contributed by atoms with van der Waals surface area (Å²) in [5, 5.41) is 0. The lowest BCUT2D eigenvalue weighted by Gasteiger charge is -2.22. The number of benzene rings is 1. The van der Waals surface area contributed by atoms with Crippen molar-refractivity contribution in [2.45, 2.75) is 31.7 Å². The Kier molecular flexibility index (Phi) is 5.53. The minimum absolute atomic E-state index is 0.0993. The van der Waals surface area contributed by atoms with Crippen molar-refractivity contribution >= 4 is 5.91 Å². The molecule has 27 heavy (non-hydrogen) atoms. The highest BCUT2D eigenvalue weighted by Crippen LogP contribution is 2.31. The summed E-state index contributed by atoms with van der Waals surface area (Å²) in [4.78, 5) is 17.9. The maximum Gasteiger partial charge on any atom is 0.416 e. The highest BCUT2D eigenvalue weighted by Gasteiger charge is 2.33. The van der Waals surface area contributed by atoms with Crippen LogP contribution in [0.15, 0.2) is 48.7 Å². The fraction of sp³-hybridized carbons (Fsp3) is 0.368. The summed E-state index contributed by atoms with van der Waals surface area (Å²) in [5.74, 6) is 0.304. The standard InChI is InChI=1S/C19H19F3N2O3/c1-13(26-15-5-3-2-4-6-15)18(25)24-10-8-16(12-24)27-17-11-14(7-9-23-17)19(20,21)22/h2-7,9,11,13,16H,8,10,12H2,1H3. The number of hydrogen-bond donors (Lipinski definition) is 0. The lowest BCUT2D eigenvalue weighted by molar-refractivity contribution is -0.138. The maximum absolute atomic E-state index is 12.8. The topological polar surface area (TPSA) is 51.7 Å². The van der Waals surface area contributed by atoms with Gasteiger partial charge in [-0.3, -0.25) is 4.79 Å². The van der Waals surface area contributed by atoms with Crippen LogP contribution in [0.25, 0.3) is 0 Å². The molecule has 0 radical (unpaired) electrons. The zero-order valence-electron chi connectivity index (χ0n) is 14.6. The summed E-state index contributed by atoms with van der Waals surface area (Å²) in [6.45, 7) is 2.39. The van der Waals surface area contributed by atoms with Gasteiger partial charge in [-0.25, -0.2) is 4.98 Å². The summed E-state index contributed by atoms with van der Waals surface area (Å²) in [5.41, 5.74) is -0.816. The van der Waals surface area contributed by atoms with Crippen LogP contribution in [-0.2, 0) is 11.0 Å². The monoisotopic (exact) mass is 380 g/mol. The first-order chi connectivity index (χ1) is 12.8. The van der Waals surface area contributed by atoms with Gasteiger partial charge in [-0.05, 0) is 25.1 Å². The van der Waals surface area contributed by atoms with E-state index in [0.29, 0.717) is 18.7 Å². The molecular weight excluding hydrogens is 361 g/mol. The summed E-state index contributed by atoms with van der Waals surface area (Å²) in [6, 6.07) is 10.8. The van der Waals surface area contributed by atoms with E-state index in [-0.39, 0.29) is 18.3 Å². The van der Waals surface area contributed by atoms with Crippen LogP contribution in [0.3, 0.4) is 0 Å². The van der Waals surface area contributed by atoms with Gasteiger partial charge in [0.1, 0.15) is 11.9 Å². The zero-order valence-corrected chi connectivity index (χ0v) is 14.6. The fourth-order valence-electron chi connectivity index (χ4n) is 2.86. The number of carbonyl (C=O) groups excluding carboxylic acids is 1. The second-order valence-corrected chi connectivity index (χ2v) is 6.27. The molecule has 3 rings (SSSR count). The molecule has 144 valence electrons. The number of rotatable bonds is 5. The van der Waals surface area contributed by atoms with Crippen molar-refractivity contribution in [1.82, 2.24) is 9.88 Å². The van der Waals surface area contributed by atoms with E-state index < -0.39 is 23.9 Å². The SMILES string of the molecule is CC(Oc1ccccc1)C(=O)N1CCC(Oc2cc(C(F)(F)F)ccn2)C1. The van der Waals surface area contributed by atoms with Gasteiger partial charge >= 0.3 is 6.18 Å². The molecule has 5 nitrogen and oxygen atoms in total. The number of alkyl halides is 3. The molecule has 2 atom stereocenters. The minimum atomic E-state index is -4.46. The number of nitrogens with zero attached hydrogens (tertiary/aromatic N) is 2. The van der Waals surface area contributed by atoms with Crippen molar-refractivity contribution < 1.29 is 27.4 Å². The van der Waals surface area contributed by atoms with Crippen LogP contribution in [0.5, 0.6) is 11.6 Å². The van der Waals surface area contributed by atoms with Gasteiger partial charge in [0, 0.05) is 25.2 Å². The first kappa shape index (κ1) is 19.0. The molecule has 0 N–H and O–H groups in total. The Morgan fingerprint density at radius 2 is 2.00 bits per heavy atom. The Morgan fingerprint density at radius 1 is 1.26 bits per heavy atom. The number of carbonyl (C=O) groups is 1. The molecule has 2 heterocycles. The first-order valence-electron chi connectivity index (χ1n) is 8.53. The van der Waals surface area contributed by atoms with Crippen molar-refractivity contribution in [3.05, 3.63) is 54.2 Å². The quantitative estimate of drug-likeness (QED) is 0.796. The Bertz CT molecular complexity index is 783. The number of aromatic nitrogens is 1. The molecule has 1 aromatic heterocycles. The molecule has 0 saturated carbocycles. The highest BCUT2D eigenvalue weighted by atomic mass is 19.4. The molecule has 2 unspecified atom stereocenters. The van der Waals surface area contributed by atoms with E-state index in [4.69, 9.17) is 9.47 Å². The summed E-state index contributed by atoms with van der Waals surface area (Å²) in [7, 11) is 0. The summed E-state index contributed by atoms with van der Waals surface area (Å²) >= 11 is 0. The third-order valence-electron chi connectivity index (χ3n) is 4.21. The van der Waals surface area contributed by atoms with E-state index in [9.17, 15) is 18.0 Å². The zero-order chi connectivity index (χ0) is 19.4. The molecule has 1 aliphatic heterocycles. The van der Waals surface area contributed by atoms with Gasteiger partial charge in [0.2, 0.25) is 5.88 Å². The van der Waals surface area contributed by atoms with Gasteiger partial charge in [0.05, 0.1) is 12.1 Å². The number of pyridine rings is 1. The molecule has 1 saturated heterocycles. The molecule has 0 spiro atoms. The smallest absolute Gasteiger partial charge is 0.416 e. The Balaban J connectivity index is 1.56. The molecule has 8 heteroatoms. The predicted molar refractivity (Wildman–Crippen MR) is 91.4 cm³/mol. The van der Waals surface area contributed by atoms with Crippen LogP contribution in [0.4, 0.5) is 13.2 Å². The van der Waals surface area contributed by atoms with Gasteiger partial charge in [-0.15, -0.1) is 0 Å². The Hall–Kier alpha value is -2.77. The lowest BCUT2D eigenvalue weighted by Crippen LogP contribution is -2.40. The average molecular weight is 380 g/mol. The van der Waals surface area contributed by atoms with E-state index in [1.54, 1.807) is 24.0 Å². The van der Waals surface area contributed by atoms with E-state index in [0.717, 1.165) is 18.3 Å². The number of halogens is 3. The second kappa shape index (κ2) is 7.85. The average Bonchev–Trinajstić information content (AvgIpc) is 3.10. The molecule has 2 aromatic rings. The maximum atomic E-state index is 12.8. The second-order valence-electron chi connectivity index (χ2n) is 6.27. The van der Waals surface area contributed by atoms with E-state index in [2.05, 4.69) is 4.98 Å². The molecular formula is C19H19F3N2O3. The van der Waals surface area contributed by atoms with Crippen LogP contribution in [0, 0.1) is 0 Å². The lowest BCUT2D eigenvalue weighted by atomic mass is 10.2. The van der Waals surface area contributed by atoms with Crippen molar-refractivity contribution in [1.29, 1.82) is 0 Å². The molecule has 1 aromatic carbocycles. The number of para-hydroxylation sites is 1. The molecule has 1 fully saturated rings. The van der Waals surface area contributed by atoms with Crippen molar-refractivity contribution in [3.8, 4) is 11.6 Å². The molecule has 1 aliphatic rings. The van der Waals surface area contributed by atoms with Gasteiger partial charge in [-0.1, -0.05) is 18.2 Å². The Morgan fingerprint density at radius 3 is 2.70 bits per heavy atom. The third kappa shape index (κ3) is 4.90. The van der Waals surface area contributed by atoms with Crippen LogP contribution in [0.2, 0.25) is 0 Å². The van der Waals surface area contributed by atoms with Crippen molar-refractivity contribution in [3.63, 3.8) is 0 Å². The van der Waals surface area contributed by atoms with Gasteiger partial charge in [-0.2, -0.15) is 13.2 Å². The minimum Gasteiger partial charge on any atom is -0.481 e.